The molecule has 3 aliphatic heterocycles. The van der Waals surface area contributed by atoms with Crippen LogP contribution in [0.15, 0.2) is 18.2 Å². The largest absolute Gasteiger partial charge is 0.447 e. The molecular formula is C23H33F2N3O3. The number of methoxy groups -OCH3 is 1. The Morgan fingerprint density at radius 1 is 1.16 bits per heavy atom. The first kappa shape index (κ1) is 22.3. The molecule has 1 aromatic rings. The first-order valence-electron chi connectivity index (χ1n) is 11.3. The van der Waals surface area contributed by atoms with Gasteiger partial charge in [-0.05, 0) is 62.5 Å². The molecule has 0 saturated carbocycles. The van der Waals surface area contributed by atoms with Crippen molar-refractivity contribution in [2.75, 3.05) is 71.2 Å². The molecule has 0 bridgehead atoms. The summed E-state index contributed by atoms with van der Waals surface area (Å²) in [4.78, 5) is 18.5. The quantitative estimate of drug-likeness (QED) is 0.684. The van der Waals surface area contributed by atoms with Gasteiger partial charge in [0.1, 0.15) is 19.1 Å². The number of piperidine rings is 2. The SMILES string of the molecule is COCCN1CC2(CCN(C3CCN(C(=O)OCCF)CC3)CC2)c2cc(F)ccc21. The maximum Gasteiger partial charge on any atom is 0.409 e. The highest BCUT2D eigenvalue weighted by atomic mass is 19.1. The van der Waals surface area contributed by atoms with E-state index in [0.717, 1.165) is 63.1 Å². The maximum atomic E-state index is 14.1. The molecule has 4 rings (SSSR count). The lowest BCUT2D eigenvalue weighted by Gasteiger charge is -2.45. The van der Waals surface area contributed by atoms with Gasteiger partial charge >= 0.3 is 6.09 Å². The first-order valence-corrected chi connectivity index (χ1v) is 11.3. The monoisotopic (exact) mass is 437 g/mol. The highest BCUT2D eigenvalue weighted by molar-refractivity contribution is 5.67. The summed E-state index contributed by atoms with van der Waals surface area (Å²) in [6, 6.07) is 5.65. The molecule has 6 nitrogen and oxygen atoms in total. The molecule has 31 heavy (non-hydrogen) atoms. The molecule has 2 saturated heterocycles. The average Bonchev–Trinajstić information content (AvgIpc) is 3.09. The van der Waals surface area contributed by atoms with E-state index >= 15 is 0 Å². The highest BCUT2D eigenvalue weighted by Crippen LogP contribution is 2.47. The van der Waals surface area contributed by atoms with Crippen LogP contribution in [0.4, 0.5) is 19.3 Å². The van der Waals surface area contributed by atoms with Crippen molar-refractivity contribution in [3.8, 4) is 0 Å². The van der Waals surface area contributed by atoms with E-state index in [4.69, 9.17) is 9.47 Å². The Kier molecular flexibility index (Phi) is 6.96. The van der Waals surface area contributed by atoms with Gasteiger partial charge < -0.3 is 24.2 Å². The molecule has 0 unspecified atom stereocenters. The van der Waals surface area contributed by atoms with E-state index in [1.165, 1.54) is 0 Å². The van der Waals surface area contributed by atoms with Gasteiger partial charge in [-0.1, -0.05) is 0 Å². The fraction of sp³-hybridized carbons (Fsp3) is 0.696. The summed E-state index contributed by atoms with van der Waals surface area (Å²) in [5, 5.41) is 0. The number of ether oxygens (including phenoxy) is 2. The fourth-order valence-electron chi connectivity index (χ4n) is 5.52. The smallest absolute Gasteiger partial charge is 0.409 e. The van der Waals surface area contributed by atoms with Gasteiger partial charge in [-0.3, -0.25) is 0 Å². The van der Waals surface area contributed by atoms with Crippen LogP contribution in [0.1, 0.15) is 31.2 Å². The zero-order valence-corrected chi connectivity index (χ0v) is 18.3. The predicted molar refractivity (Wildman–Crippen MR) is 115 cm³/mol. The third kappa shape index (κ3) is 4.65. The van der Waals surface area contributed by atoms with E-state index in [-0.39, 0.29) is 17.8 Å². The van der Waals surface area contributed by atoms with Crippen LogP contribution in [0.5, 0.6) is 0 Å². The molecule has 1 aromatic carbocycles. The normalized spacial score (nSPS) is 21.5. The highest BCUT2D eigenvalue weighted by Gasteiger charge is 2.45. The number of hydrogen-bond acceptors (Lipinski definition) is 5. The van der Waals surface area contributed by atoms with Gasteiger partial charge in [0.15, 0.2) is 0 Å². The van der Waals surface area contributed by atoms with E-state index in [2.05, 4.69) is 9.80 Å². The Balaban J connectivity index is 1.36. The summed E-state index contributed by atoms with van der Waals surface area (Å²) in [7, 11) is 1.71. The molecule has 3 aliphatic rings. The molecule has 0 aliphatic carbocycles. The molecule has 172 valence electrons. The van der Waals surface area contributed by atoms with Gasteiger partial charge in [-0.2, -0.15) is 0 Å². The Labute approximate surface area is 183 Å². The van der Waals surface area contributed by atoms with Crippen LogP contribution in [0, 0.1) is 5.82 Å². The molecular weight excluding hydrogens is 404 g/mol. The summed E-state index contributed by atoms with van der Waals surface area (Å²) in [6.45, 7) is 4.83. The number of rotatable bonds is 6. The summed E-state index contributed by atoms with van der Waals surface area (Å²) in [5.74, 6) is -0.166. The van der Waals surface area contributed by atoms with Crippen molar-refractivity contribution < 1.29 is 23.0 Å². The standard InChI is InChI=1S/C23H33F2N3O3/c1-30-15-13-28-17-23(20-16-18(25)2-3-21(20)28)6-11-26(12-7-23)19-4-9-27(10-5-19)22(29)31-14-8-24/h2-3,16,19H,4-15,17H2,1H3. The van der Waals surface area contributed by atoms with E-state index in [1.54, 1.807) is 24.1 Å². The minimum atomic E-state index is -0.645. The zero-order chi connectivity index (χ0) is 21.8. The molecule has 1 amide bonds. The lowest BCUT2D eigenvalue weighted by molar-refractivity contribution is 0.0542. The number of anilines is 1. The second-order valence-corrected chi connectivity index (χ2v) is 8.91. The molecule has 1 spiro atoms. The number of benzene rings is 1. The molecule has 0 radical (unpaired) electrons. The van der Waals surface area contributed by atoms with Gasteiger partial charge in [0, 0.05) is 50.4 Å². The van der Waals surface area contributed by atoms with Crippen LogP contribution in [-0.4, -0.2) is 88.2 Å². The van der Waals surface area contributed by atoms with Crippen molar-refractivity contribution in [3.05, 3.63) is 29.6 Å². The maximum absolute atomic E-state index is 14.1. The minimum absolute atomic E-state index is 0.00144. The Hall–Kier alpha value is -1.93. The van der Waals surface area contributed by atoms with Gasteiger partial charge in [0.05, 0.1) is 6.61 Å². The fourth-order valence-corrected chi connectivity index (χ4v) is 5.52. The lowest BCUT2D eigenvalue weighted by Crippen LogP contribution is -2.52. The molecule has 8 heteroatoms. The summed E-state index contributed by atoms with van der Waals surface area (Å²) < 4.78 is 36.5. The van der Waals surface area contributed by atoms with Gasteiger partial charge in [-0.25, -0.2) is 13.6 Å². The van der Waals surface area contributed by atoms with Crippen LogP contribution >= 0.6 is 0 Å². The number of amides is 1. The number of alkyl halides is 1. The van der Waals surface area contributed by atoms with Crippen molar-refractivity contribution in [3.63, 3.8) is 0 Å². The van der Waals surface area contributed by atoms with Crippen molar-refractivity contribution in [2.45, 2.75) is 37.1 Å². The third-order valence-electron chi connectivity index (χ3n) is 7.23. The second-order valence-electron chi connectivity index (χ2n) is 8.91. The number of nitrogens with zero attached hydrogens (tertiary/aromatic N) is 3. The van der Waals surface area contributed by atoms with E-state index in [9.17, 15) is 13.6 Å². The topological polar surface area (TPSA) is 45.2 Å². The van der Waals surface area contributed by atoms with Crippen molar-refractivity contribution >= 4 is 11.8 Å². The minimum Gasteiger partial charge on any atom is -0.447 e. The lowest BCUT2D eigenvalue weighted by atomic mass is 9.74. The van der Waals surface area contributed by atoms with Crippen molar-refractivity contribution in [2.24, 2.45) is 0 Å². The molecule has 2 fully saturated rings. The zero-order valence-electron chi connectivity index (χ0n) is 18.3. The molecule has 0 aromatic heterocycles. The van der Waals surface area contributed by atoms with E-state index in [0.29, 0.717) is 25.7 Å². The average molecular weight is 438 g/mol. The third-order valence-corrected chi connectivity index (χ3v) is 7.23. The van der Waals surface area contributed by atoms with E-state index < -0.39 is 12.8 Å². The predicted octanol–water partition coefficient (Wildman–Crippen LogP) is 3.20. The van der Waals surface area contributed by atoms with Gasteiger partial charge in [-0.15, -0.1) is 0 Å². The van der Waals surface area contributed by atoms with Crippen LogP contribution in [0.3, 0.4) is 0 Å². The number of carbonyl (C=O) groups excluding carboxylic acids is 1. The molecule has 0 atom stereocenters. The Bertz CT molecular complexity index is 762. The van der Waals surface area contributed by atoms with Crippen LogP contribution in [0.2, 0.25) is 0 Å². The van der Waals surface area contributed by atoms with Crippen LogP contribution < -0.4 is 4.90 Å². The number of likely N-dealkylation sites (tertiary alicyclic amines) is 2. The summed E-state index contributed by atoms with van der Waals surface area (Å²) in [5.41, 5.74) is 2.29. The summed E-state index contributed by atoms with van der Waals surface area (Å²) in [6.07, 6.45) is 3.41. The Morgan fingerprint density at radius 2 is 1.90 bits per heavy atom. The second kappa shape index (κ2) is 9.69. The molecule has 0 N–H and O–H groups in total. The summed E-state index contributed by atoms with van der Waals surface area (Å²) >= 11 is 0. The van der Waals surface area contributed by atoms with Gasteiger partial charge in [0.2, 0.25) is 0 Å². The van der Waals surface area contributed by atoms with E-state index in [1.807, 2.05) is 6.07 Å². The number of fused-ring (bicyclic) bond motifs is 2. The number of carbonyl (C=O) groups is 1. The van der Waals surface area contributed by atoms with Gasteiger partial charge in [0.25, 0.3) is 0 Å². The Morgan fingerprint density at radius 3 is 2.58 bits per heavy atom. The van der Waals surface area contributed by atoms with Crippen LogP contribution in [0.25, 0.3) is 0 Å². The van der Waals surface area contributed by atoms with Crippen molar-refractivity contribution in [1.29, 1.82) is 0 Å². The van der Waals surface area contributed by atoms with Crippen molar-refractivity contribution in [1.82, 2.24) is 9.80 Å². The number of halogens is 2. The molecule has 3 heterocycles. The number of hydrogen-bond donors (Lipinski definition) is 0. The van der Waals surface area contributed by atoms with Crippen LogP contribution in [-0.2, 0) is 14.9 Å². The first-order chi connectivity index (χ1) is 15.1.